The van der Waals surface area contributed by atoms with Crippen LogP contribution in [0.15, 0.2) is 18.2 Å². The van der Waals surface area contributed by atoms with Gasteiger partial charge in [0.15, 0.2) is 5.82 Å². The van der Waals surface area contributed by atoms with Crippen LogP contribution in [-0.4, -0.2) is 21.1 Å². The van der Waals surface area contributed by atoms with Gasteiger partial charge in [-0.15, -0.1) is 0 Å². The Balaban J connectivity index is 2.49. The van der Waals surface area contributed by atoms with Crippen molar-refractivity contribution < 1.29 is 4.74 Å². The molecule has 1 aromatic carbocycles. The number of nitrogens with zero attached hydrogens (tertiary/aromatic N) is 3. The maximum absolute atomic E-state index is 6.10. The number of rotatable bonds is 3. The molecule has 0 aliphatic rings. The minimum atomic E-state index is -0.0684. The van der Waals surface area contributed by atoms with Crippen molar-refractivity contribution in [1.29, 1.82) is 0 Å². The van der Waals surface area contributed by atoms with Crippen molar-refractivity contribution in [2.75, 3.05) is 0 Å². The number of benzene rings is 1. The molecule has 0 bridgehead atoms. The first-order chi connectivity index (χ1) is 8.95. The summed E-state index contributed by atoms with van der Waals surface area (Å²) in [5, 5.41) is 1.04. The summed E-state index contributed by atoms with van der Waals surface area (Å²) in [4.78, 5) is 12.1. The highest BCUT2D eigenvalue weighted by molar-refractivity contribution is 6.35. The molecule has 0 aliphatic carbocycles. The maximum atomic E-state index is 6.10. The van der Waals surface area contributed by atoms with Gasteiger partial charge in [-0.05, 0) is 43.6 Å². The molecule has 7 heteroatoms. The van der Waals surface area contributed by atoms with E-state index in [1.165, 1.54) is 0 Å². The van der Waals surface area contributed by atoms with Crippen molar-refractivity contribution in [1.82, 2.24) is 15.0 Å². The zero-order chi connectivity index (χ0) is 14.0. The molecule has 4 nitrogen and oxygen atoms in total. The summed E-state index contributed by atoms with van der Waals surface area (Å²) >= 11 is 17.9. The number of halogens is 3. The van der Waals surface area contributed by atoms with Gasteiger partial charge in [-0.3, -0.25) is 0 Å². The summed E-state index contributed by atoms with van der Waals surface area (Å²) in [5.74, 6) is 0.322. The molecule has 0 saturated carbocycles. The van der Waals surface area contributed by atoms with E-state index in [0.29, 0.717) is 21.4 Å². The second kappa shape index (κ2) is 5.90. The van der Waals surface area contributed by atoms with Gasteiger partial charge < -0.3 is 4.74 Å². The molecule has 1 aromatic heterocycles. The van der Waals surface area contributed by atoms with E-state index in [1.54, 1.807) is 18.2 Å². The monoisotopic (exact) mass is 317 g/mol. The van der Waals surface area contributed by atoms with Crippen LogP contribution in [0.5, 0.6) is 6.01 Å². The molecular formula is C12H10Cl3N3O. The van der Waals surface area contributed by atoms with Gasteiger partial charge in [0.1, 0.15) is 0 Å². The predicted molar refractivity (Wildman–Crippen MR) is 76.1 cm³/mol. The minimum Gasteiger partial charge on any atom is -0.461 e. The van der Waals surface area contributed by atoms with E-state index in [0.717, 1.165) is 0 Å². The lowest BCUT2D eigenvalue weighted by molar-refractivity contribution is 0.222. The molecule has 0 saturated heterocycles. The number of aromatic nitrogens is 3. The summed E-state index contributed by atoms with van der Waals surface area (Å²) in [5.41, 5.74) is 0.576. The van der Waals surface area contributed by atoms with Crippen molar-refractivity contribution in [3.05, 3.63) is 33.5 Å². The zero-order valence-corrected chi connectivity index (χ0v) is 12.5. The average Bonchev–Trinajstić information content (AvgIpc) is 2.30. The largest absolute Gasteiger partial charge is 0.461 e. The van der Waals surface area contributed by atoms with Gasteiger partial charge in [-0.2, -0.15) is 15.0 Å². The summed E-state index contributed by atoms with van der Waals surface area (Å²) in [6.07, 6.45) is -0.0684. The van der Waals surface area contributed by atoms with Gasteiger partial charge in [0.05, 0.1) is 11.1 Å². The second-order valence-electron chi connectivity index (χ2n) is 4.00. The fraction of sp³-hybridized carbons (Fsp3) is 0.250. The first kappa shape index (κ1) is 14.3. The van der Waals surface area contributed by atoms with E-state index < -0.39 is 0 Å². The van der Waals surface area contributed by atoms with Gasteiger partial charge in [-0.25, -0.2) is 0 Å². The Hall–Kier alpha value is -1.10. The molecule has 0 unspecified atom stereocenters. The lowest BCUT2D eigenvalue weighted by atomic mass is 10.2. The average molecular weight is 319 g/mol. The lowest BCUT2D eigenvalue weighted by Gasteiger charge is -2.09. The van der Waals surface area contributed by atoms with E-state index in [1.807, 2.05) is 13.8 Å². The van der Waals surface area contributed by atoms with Crippen LogP contribution in [0.2, 0.25) is 15.3 Å². The van der Waals surface area contributed by atoms with E-state index >= 15 is 0 Å². The van der Waals surface area contributed by atoms with Crippen molar-refractivity contribution >= 4 is 34.8 Å². The van der Waals surface area contributed by atoms with Gasteiger partial charge in [0.25, 0.3) is 0 Å². The summed E-state index contributed by atoms with van der Waals surface area (Å²) in [7, 11) is 0. The summed E-state index contributed by atoms with van der Waals surface area (Å²) in [6.45, 7) is 3.73. The maximum Gasteiger partial charge on any atom is 0.321 e. The first-order valence-corrected chi connectivity index (χ1v) is 6.63. The highest BCUT2D eigenvalue weighted by atomic mass is 35.5. The fourth-order valence-electron chi connectivity index (χ4n) is 1.38. The number of hydrogen-bond acceptors (Lipinski definition) is 4. The normalized spacial score (nSPS) is 10.8. The van der Waals surface area contributed by atoms with Crippen LogP contribution in [0.25, 0.3) is 11.4 Å². The quantitative estimate of drug-likeness (QED) is 0.847. The van der Waals surface area contributed by atoms with E-state index in [2.05, 4.69) is 15.0 Å². The zero-order valence-electron chi connectivity index (χ0n) is 10.2. The molecule has 0 fully saturated rings. The molecule has 0 amide bonds. The Morgan fingerprint density at radius 2 is 1.79 bits per heavy atom. The van der Waals surface area contributed by atoms with Gasteiger partial charge in [-0.1, -0.05) is 23.2 Å². The topological polar surface area (TPSA) is 47.9 Å². The third-order valence-electron chi connectivity index (χ3n) is 2.10. The Morgan fingerprint density at radius 1 is 1.05 bits per heavy atom. The highest BCUT2D eigenvalue weighted by Crippen LogP contribution is 2.29. The molecule has 2 aromatic rings. The van der Waals surface area contributed by atoms with E-state index in [-0.39, 0.29) is 17.4 Å². The molecule has 0 atom stereocenters. The minimum absolute atomic E-state index is 0.0386. The van der Waals surface area contributed by atoms with Crippen LogP contribution < -0.4 is 4.74 Å². The molecule has 0 radical (unpaired) electrons. The summed E-state index contributed by atoms with van der Waals surface area (Å²) < 4.78 is 5.40. The molecular weight excluding hydrogens is 309 g/mol. The third kappa shape index (κ3) is 3.69. The number of ether oxygens (including phenoxy) is 1. The predicted octanol–water partition coefficient (Wildman–Crippen LogP) is 4.29. The van der Waals surface area contributed by atoms with E-state index in [9.17, 15) is 0 Å². The summed E-state index contributed by atoms with van der Waals surface area (Å²) in [6, 6.07) is 5.16. The Bertz CT molecular complexity index is 605. The van der Waals surface area contributed by atoms with Crippen LogP contribution in [0.3, 0.4) is 0 Å². The van der Waals surface area contributed by atoms with Crippen LogP contribution >= 0.6 is 34.8 Å². The van der Waals surface area contributed by atoms with Gasteiger partial charge >= 0.3 is 6.01 Å². The SMILES string of the molecule is CC(C)Oc1nc(Cl)nc(-c2cc(Cl)ccc2Cl)n1. The van der Waals surface area contributed by atoms with Crippen molar-refractivity contribution in [3.8, 4) is 17.4 Å². The molecule has 1 heterocycles. The van der Waals surface area contributed by atoms with Crippen LogP contribution in [0.1, 0.15) is 13.8 Å². The van der Waals surface area contributed by atoms with E-state index in [4.69, 9.17) is 39.5 Å². The van der Waals surface area contributed by atoms with Crippen molar-refractivity contribution in [2.24, 2.45) is 0 Å². The molecule has 0 aliphatic heterocycles. The van der Waals surface area contributed by atoms with Gasteiger partial charge in [0, 0.05) is 10.6 Å². The lowest BCUT2D eigenvalue weighted by Crippen LogP contribution is -2.09. The number of hydrogen-bond donors (Lipinski definition) is 0. The Labute approximate surface area is 125 Å². The van der Waals surface area contributed by atoms with Crippen LogP contribution in [0.4, 0.5) is 0 Å². The second-order valence-corrected chi connectivity index (χ2v) is 5.18. The third-order valence-corrected chi connectivity index (χ3v) is 2.83. The molecule has 19 heavy (non-hydrogen) atoms. The molecule has 0 spiro atoms. The Kier molecular flexibility index (Phi) is 4.45. The Morgan fingerprint density at radius 3 is 2.47 bits per heavy atom. The standard InChI is InChI=1S/C12H10Cl3N3O/c1-6(2)19-12-17-10(16-11(15)18-12)8-5-7(13)3-4-9(8)14/h3-6H,1-2H3. The molecule has 0 N–H and O–H groups in total. The van der Waals surface area contributed by atoms with Gasteiger partial charge in [0.2, 0.25) is 5.28 Å². The van der Waals surface area contributed by atoms with Crippen molar-refractivity contribution in [3.63, 3.8) is 0 Å². The highest BCUT2D eigenvalue weighted by Gasteiger charge is 2.12. The molecule has 100 valence electrons. The van der Waals surface area contributed by atoms with Crippen molar-refractivity contribution in [2.45, 2.75) is 20.0 Å². The molecule has 2 rings (SSSR count). The first-order valence-electron chi connectivity index (χ1n) is 5.49. The van der Waals surface area contributed by atoms with Crippen LogP contribution in [0, 0.1) is 0 Å². The van der Waals surface area contributed by atoms with Crippen LogP contribution in [-0.2, 0) is 0 Å². The fourth-order valence-corrected chi connectivity index (χ4v) is 1.91. The smallest absolute Gasteiger partial charge is 0.321 e.